The molecule has 0 radical (unpaired) electrons. The van der Waals surface area contributed by atoms with Gasteiger partial charge in [0.05, 0.1) is 11.6 Å². The Morgan fingerprint density at radius 3 is 2.64 bits per heavy atom. The number of alkyl halides is 1. The van der Waals surface area contributed by atoms with Crippen LogP contribution in [0.25, 0.3) is 0 Å². The second kappa shape index (κ2) is 4.20. The van der Waals surface area contributed by atoms with E-state index < -0.39 is 0 Å². The first-order chi connectivity index (χ1) is 6.79. The second-order valence-corrected chi connectivity index (χ2v) is 3.88. The summed E-state index contributed by atoms with van der Waals surface area (Å²) >= 11 is 11.4. The Hall–Kier alpha value is -0.730. The summed E-state index contributed by atoms with van der Waals surface area (Å²) in [5, 5.41) is 4.70. The van der Waals surface area contributed by atoms with E-state index in [0.29, 0.717) is 5.88 Å². The maximum atomic E-state index is 5.78. The van der Waals surface area contributed by atoms with E-state index >= 15 is 0 Å². The molecule has 2 rings (SSSR count). The van der Waals surface area contributed by atoms with Crippen molar-refractivity contribution >= 4 is 28.9 Å². The highest BCUT2D eigenvalue weighted by Crippen LogP contribution is 2.18. The molecule has 1 atom stereocenters. The molecule has 1 aliphatic heterocycles. The Bertz CT molecular complexity index is 348. The first-order valence-electron chi connectivity index (χ1n) is 4.34. The van der Waals surface area contributed by atoms with E-state index in [0.717, 1.165) is 22.7 Å². The number of hydrogen-bond acceptors (Lipinski definition) is 2. The van der Waals surface area contributed by atoms with E-state index in [1.54, 1.807) is 0 Å². The fourth-order valence-electron chi connectivity index (χ4n) is 1.32. The van der Waals surface area contributed by atoms with E-state index in [4.69, 9.17) is 28.0 Å². The Morgan fingerprint density at radius 2 is 2.07 bits per heavy atom. The van der Waals surface area contributed by atoms with Crippen LogP contribution in [0.3, 0.4) is 0 Å². The molecule has 0 aromatic heterocycles. The largest absolute Gasteiger partial charge is 0.391 e. The summed E-state index contributed by atoms with van der Waals surface area (Å²) < 4.78 is 0. The molecule has 1 heterocycles. The highest BCUT2D eigenvalue weighted by atomic mass is 35.5. The molecule has 0 aliphatic carbocycles. The smallest absolute Gasteiger partial charge is 0.146 e. The van der Waals surface area contributed by atoms with Gasteiger partial charge < -0.3 is 4.84 Å². The molecule has 1 aliphatic rings. The minimum absolute atomic E-state index is 0.0161. The second-order valence-electron chi connectivity index (χ2n) is 3.13. The minimum atomic E-state index is 0.0161. The molecule has 0 bridgehead atoms. The summed E-state index contributed by atoms with van der Waals surface area (Å²) in [6.45, 7) is 0. The van der Waals surface area contributed by atoms with Crippen LogP contribution in [-0.4, -0.2) is 17.7 Å². The van der Waals surface area contributed by atoms with Crippen LogP contribution in [0.1, 0.15) is 12.0 Å². The van der Waals surface area contributed by atoms with Gasteiger partial charge in [0.25, 0.3) is 0 Å². The Labute approximate surface area is 92.5 Å². The molecule has 0 saturated carbocycles. The van der Waals surface area contributed by atoms with E-state index in [1.807, 2.05) is 24.3 Å². The van der Waals surface area contributed by atoms with Crippen molar-refractivity contribution in [1.82, 2.24) is 0 Å². The van der Waals surface area contributed by atoms with Gasteiger partial charge in [0, 0.05) is 11.4 Å². The van der Waals surface area contributed by atoms with Crippen molar-refractivity contribution in [3.05, 3.63) is 34.9 Å². The maximum absolute atomic E-state index is 5.78. The predicted octanol–water partition coefficient (Wildman–Crippen LogP) is 3.07. The molecule has 74 valence electrons. The minimum Gasteiger partial charge on any atom is -0.391 e. The molecule has 0 fully saturated rings. The third-order valence-corrected chi connectivity index (χ3v) is 2.68. The zero-order chi connectivity index (χ0) is 9.97. The number of hydrogen-bond donors (Lipinski definition) is 0. The van der Waals surface area contributed by atoms with Gasteiger partial charge in [0.15, 0.2) is 0 Å². The Kier molecular flexibility index (Phi) is 2.94. The highest BCUT2D eigenvalue weighted by molar-refractivity contribution is 6.30. The average Bonchev–Trinajstić information content (AvgIpc) is 2.67. The van der Waals surface area contributed by atoms with Gasteiger partial charge in [-0.05, 0) is 17.7 Å². The molecule has 1 aromatic rings. The SMILES string of the molecule is ClC[C@H]1CC(c2ccc(Cl)cc2)=NO1. The quantitative estimate of drug-likeness (QED) is 0.715. The van der Waals surface area contributed by atoms with Crippen molar-refractivity contribution in [2.75, 3.05) is 5.88 Å². The molecule has 14 heavy (non-hydrogen) atoms. The molecule has 2 nitrogen and oxygen atoms in total. The average molecular weight is 230 g/mol. The van der Waals surface area contributed by atoms with E-state index in [1.165, 1.54) is 0 Å². The van der Waals surface area contributed by atoms with Gasteiger partial charge in [0.2, 0.25) is 0 Å². The summed E-state index contributed by atoms with van der Waals surface area (Å²) in [5.74, 6) is 0.473. The van der Waals surface area contributed by atoms with Crippen molar-refractivity contribution in [3.63, 3.8) is 0 Å². The summed E-state index contributed by atoms with van der Waals surface area (Å²) in [6.07, 6.45) is 0.785. The molecule has 0 unspecified atom stereocenters. The fourth-order valence-corrected chi connectivity index (χ4v) is 1.62. The molecule has 0 saturated heterocycles. The molecule has 0 N–H and O–H groups in total. The van der Waals surface area contributed by atoms with Crippen molar-refractivity contribution in [3.8, 4) is 0 Å². The van der Waals surface area contributed by atoms with Crippen LogP contribution in [-0.2, 0) is 4.84 Å². The molecular formula is C10H9Cl2NO. The van der Waals surface area contributed by atoms with Crippen LogP contribution in [0, 0.1) is 0 Å². The molecule has 0 spiro atoms. The predicted molar refractivity (Wildman–Crippen MR) is 58.2 cm³/mol. The third-order valence-electron chi connectivity index (χ3n) is 2.08. The number of rotatable bonds is 2. The summed E-state index contributed by atoms with van der Waals surface area (Å²) in [4.78, 5) is 5.12. The molecule has 4 heteroatoms. The number of nitrogens with zero attached hydrogens (tertiary/aromatic N) is 1. The van der Waals surface area contributed by atoms with Gasteiger partial charge in [-0.3, -0.25) is 0 Å². The van der Waals surface area contributed by atoms with Crippen molar-refractivity contribution < 1.29 is 4.84 Å². The van der Waals surface area contributed by atoms with Crippen LogP contribution in [0.2, 0.25) is 5.02 Å². The topological polar surface area (TPSA) is 21.6 Å². The first-order valence-corrected chi connectivity index (χ1v) is 5.25. The van der Waals surface area contributed by atoms with Crippen LogP contribution in [0.15, 0.2) is 29.4 Å². The van der Waals surface area contributed by atoms with E-state index in [9.17, 15) is 0 Å². The lowest BCUT2D eigenvalue weighted by Crippen LogP contribution is -2.09. The number of benzene rings is 1. The number of halogens is 2. The lowest BCUT2D eigenvalue weighted by Gasteiger charge is -2.01. The van der Waals surface area contributed by atoms with Crippen molar-refractivity contribution in [1.29, 1.82) is 0 Å². The lowest BCUT2D eigenvalue weighted by molar-refractivity contribution is 0.102. The standard InChI is InChI=1S/C10H9Cl2NO/c11-6-9-5-10(13-14-9)7-1-3-8(12)4-2-7/h1-4,9H,5-6H2/t9-/m1/s1. The monoisotopic (exact) mass is 229 g/mol. The van der Waals surface area contributed by atoms with Gasteiger partial charge >= 0.3 is 0 Å². The van der Waals surface area contributed by atoms with E-state index in [2.05, 4.69) is 5.16 Å². The Balaban J connectivity index is 2.13. The van der Waals surface area contributed by atoms with Gasteiger partial charge in [0.1, 0.15) is 6.10 Å². The van der Waals surface area contributed by atoms with Crippen LogP contribution >= 0.6 is 23.2 Å². The normalized spacial score (nSPS) is 20.4. The van der Waals surface area contributed by atoms with Crippen molar-refractivity contribution in [2.45, 2.75) is 12.5 Å². The highest BCUT2D eigenvalue weighted by Gasteiger charge is 2.20. The summed E-state index contributed by atoms with van der Waals surface area (Å²) in [7, 11) is 0. The third kappa shape index (κ3) is 2.02. The Morgan fingerprint density at radius 1 is 1.36 bits per heavy atom. The molecule has 1 aromatic carbocycles. The van der Waals surface area contributed by atoms with Crippen LogP contribution < -0.4 is 0 Å². The molecule has 0 amide bonds. The van der Waals surface area contributed by atoms with Crippen molar-refractivity contribution in [2.24, 2.45) is 5.16 Å². The van der Waals surface area contributed by atoms with Crippen LogP contribution in [0.4, 0.5) is 0 Å². The van der Waals surface area contributed by atoms with Gasteiger partial charge in [-0.2, -0.15) is 0 Å². The zero-order valence-corrected chi connectivity index (χ0v) is 8.92. The van der Waals surface area contributed by atoms with Gasteiger partial charge in [-0.1, -0.05) is 28.9 Å². The number of oxime groups is 1. The summed E-state index contributed by atoms with van der Waals surface area (Å²) in [5.41, 5.74) is 1.98. The van der Waals surface area contributed by atoms with Crippen LogP contribution in [0.5, 0.6) is 0 Å². The lowest BCUT2D eigenvalue weighted by atomic mass is 10.1. The molecular weight excluding hydrogens is 221 g/mol. The van der Waals surface area contributed by atoms with Gasteiger partial charge in [-0.25, -0.2) is 0 Å². The fraction of sp³-hybridized carbons (Fsp3) is 0.300. The summed E-state index contributed by atoms with van der Waals surface area (Å²) in [6, 6.07) is 7.54. The van der Waals surface area contributed by atoms with Gasteiger partial charge in [-0.15, -0.1) is 11.6 Å². The van der Waals surface area contributed by atoms with E-state index in [-0.39, 0.29) is 6.10 Å². The zero-order valence-electron chi connectivity index (χ0n) is 7.41. The maximum Gasteiger partial charge on any atom is 0.146 e. The first kappa shape index (κ1) is 9.81.